The number of benzene rings is 1. The Balaban J connectivity index is 1.33. The number of amides is 2. The zero-order valence-electron chi connectivity index (χ0n) is 18.4. The quantitative estimate of drug-likeness (QED) is 0.423. The largest absolute Gasteiger partial charge is 0.335 e. The summed E-state index contributed by atoms with van der Waals surface area (Å²) < 4.78 is 15.9. The van der Waals surface area contributed by atoms with E-state index in [-0.39, 0.29) is 11.5 Å². The summed E-state index contributed by atoms with van der Waals surface area (Å²) >= 11 is 7.58. The number of nitrogens with zero attached hydrogens (tertiary/aromatic N) is 5. The standard InChI is InChI=1S/C24H21ClFN5O2S/c1-15-11-18(20-13-27-31(22(20)28-15)14-17-3-2-10-34-17)23(32)29-6-8-30(9-7-29)24(33)19-12-16(25)4-5-21(19)26/h2-5,10-13H,6-9,14H2,1H3. The Kier molecular flexibility index (Phi) is 6.05. The number of carbonyl (C=O) groups is 2. The maximum Gasteiger partial charge on any atom is 0.257 e. The maximum atomic E-state index is 14.1. The molecule has 4 aromatic rings. The van der Waals surface area contributed by atoms with Crippen LogP contribution in [0, 0.1) is 12.7 Å². The summed E-state index contributed by atoms with van der Waals surface area (Å²) in [6.45, 7) is 3.75. The average Bonchev–Trinajstić information content (AvgIpc) is 3.50. The Bertz CT molecular complexity index is 1380. The van der Waals surface area contributed by atoms with Crippen LogP contribution in [0.15, 0.2) is 48.0 Å². The molecule has 0 N–H and O–H groups in total. The number of halogens is 2. The fourth-order valence-electron chi connectivity index (χ4n) is 4.13. The van der Waals surface area contributed by atoms with E-state index in [1.165, 1.54) is 18.2 Å². The molecule has 34 heavy (non-hydrogen) atoms. The predicted molar refractivity (Wildman–Crippen MR) is 129 cm³/mol. The summed E-state index contributed by atoms with van der Waals surface area (Å²) in [6, 6.07) is 9.73. The molecule has 2 amide bonds. The summed E-state index contributed by atoms with van der Waals surface area (Å²) in [5, 5.41) is 7.49. The number of aromatic nitrogens is 3. The molecule has 3 aromatic heterocycles. The number of piperazine rings is 1. The van der Waals surface area contributed by atoms with Gasteiger partial charge in [-0.3, -0.25) is 9.59 Å². The van der Waals surface area contributed by atoms with Crippen LogP contribution in [-0.4, -0.2) is 62.6 Å². The molecule has 5 rings (SSSR count). The summed E-state index contributed by atoms with van der Waals surface area (Å²) in [4.78, 5) is 35.2. The van der Waals surface area contributed by atoms with Gasteiger partial charge in [-0.15, -0.1) is 11.3 Å². The second kappa shape index (κ2) is 9.15. The van der Waals surface area contributed by atoms with Crippen molar-refractivity contribution in [2.75, 3.05) is 26.2 Å². The number of fused-ring (bicyclic) bond motifs is 1. The minimum atomic E-state index is -0.609. The fourth-order valence-corrected chi connectivity index (χ4v) is 4.99. The first-order valence-corrected chi connectivity index (χ1v) is 12.1. The van der Waals surface area contributed by atoms with Crippen molar-refractivity contribution in [2.24, 2.45) is 0 Å². The van der Waals surface area contributed by atoms with Gasteiger partial charge in [0.05, 0.1) is 29.3 Å². The van der Waals surface area contributed by atoms with Crippen LogP contribution in [0.1, 0.15) is 31.3 Å². The number of hydrogen-bond donors (Lipinski definition) is 0. The van der Waals surface area contributed by atoms with Crippen molar-refractivity contribution in [3.8, 4) is 0 Å². The summed E-state index contributed by atoms with van der Waals surface area (Å²) in [7, 11) is 0. The lowest BCUT2D eigenvalue weighted by Crippen LogP contribution is -2.50. The molecule has 1 fully saturated rings. The van der Waals surface area contributed by atoms with E-state index in [0.717, 1.165) is 10.6 Å². The number of thiophene rings is 1. The van der Waals surface area contributed by atoms with E-state index in [9.17, 15) is 14.0 Å². The smallest absolute Gasteiger partial charge is 0.257 e. The van der Waals surface area contributed by atoms with E-state index in [4.69, 9.17) is 11.6 Å². The Morgan fingerprint density at radius 2 is 1.76 bits per heavy atom. The van der Waals surface area contributed by atoms with E-state index in [0.29, 0.717) is 54.3 Å². The van der Waals surface area contributed by atoms with Gasteiger partial charge in [0, 0.05) is 41.8 Å². The molecule has 0 unspecified atom stereocenters. The highest BCUT2D eigenvalue weighted by molar-refractivity contribution is 7.09. The molecule has 0 atom stereocenters. The Labute approximate surface area is 204 Å². The van der Waals surface area contributed by atoms with Crippen molar-refractivity contribution >= 4 is 45.8 Å². The van der Waals surface area contributed by atoms with Crippen molar-refractivity contribution in [2.45, 2.75) is 13.5 Å². The van der Waals surface area contributed by atoms with Crippen LogP contribution < -0.4 is 0 Å². The number of hydrogen-bond acceptors (Lipinski definition) is 5. The van der Waals surface area contributed by atoms with E-state index in [1.807, 2.05) is 24.4 Å². The van der Waals surface area contributed by atoms with Crippen LogP contribution in [0.3, 0.4) is 0 Å². The second-order valence-corrected chi connectivity index (χ2v) is 9.61. The minimum absolute atomic E-state index is 0.0584. The normalized spacial score (nSPS) is 14.1. The van der Waals surface area contributed by atoms with E-state index in [1.54, 1.807) is 38.1 Å². The monoisotopic (exact) mass is 497 g/mol. The third-order valence-electron chi connectivity index (χ3n) is 5.87. The van der Waals surface area contributed by atoms with E-state index >= 15 is 0 Å². The first kappa shape index (κ1) is 22.5. The molecule has 0 radical (unpaired) electrons. The number of rotatable bonds is 4. The van der Waals surface area contributed by atoms with E-state index < -0.39 is 11.7 Å². The zero-order chi connectivity index (χ0) is 23.8. The Morgan fingerprint density at radius 1 is 1.06 bits per heavy atom. The van der Waals surface area contributed by atoms with Crippen molar-refractivity contribution in [3.63, 3.8) is 0 Å². The molecule has 7 nitrogen and oxygen atoms in total. The highest BCUT2D eigenvalue weighted by Gasteiger charge is 2.28. The Hall–Kier alpha value is -3.30. The van der Waals surface area contributed by atoms with Gasteiger partial charge < -0.3 is 9.80 Å². The van der Waals surface area contributed by atoms with Crippen LogP contribution >= 0.6 is 22.9 Å². The number of pyridine rings is 1. The molecule has 1 saturated heterocycles. The third kappa shape index (κ3) is 4.28. The van der Waals surface area contributed by atoms with Crippen molar-refractivity contribution in [3.05, 3.63) is 80.5 Å². The lowest BCUT2D eigenvalue weighted by Gasteiger charge is -2.35. The van der Waals surface area contributed by atoms with E-state index in [2.05, 4.69) is 10.1 Å². The highest BCUT2D eigenvalue weighted by Crippen LogP contribution is 2.23. The lowest BCUT2D eigenvalue weighted by molar-refractivity contribution is 0.0534. The van der Waals surface area contributed by atoms with Gasteiger partial charge in [0.1, 0.15) is 5.82 Å². The highest BCUT2D eigenvalue weighted by atomic mass is 35.5. The minimum Gasteiger partial charge on any atom is -0.335 e. The number of aryl methyl sites for hydroxylation is 1. The molecule has 4 heterocycles. The van der Waals surface area contributed by atoms with Crippen LogP contribution in [0.2, 0.25) is 5.02 Å². The van der Waals surface area contributed by atoms with Crippen molar-refractivity contribution < 1.29 is 14.0 Å². The van der Waals surface area contributed by atoms with Gasteiger partial charge in [0.15, 0.2) is 5.65 Å². The second-order valence-electron chi connectivity index (χ2n) is 8.14. The first-order chi connectivity index (χ1) is 16.4. The molecule has 0 bridgehead atoms. The summed E-state index contributed by atoms with van der Waals surface area (Å²) in [6.07, 6.45) is 1.68. The van der Waals surface area contributed by atoms with Gasteiger partial charge in [-0.2, -0.15) is 5.10 Å². The predicted octanol–water partition coefficient (Wildman–Crippen LogP) is 4.24. The average molecular weight is 498 g/mol. The zero-order valence-corrected chi connectivity index (χ0v) is 19.9. The van der Waals surface area contributed by atoms with Crippen molar-refractivity contribution in [1.29, 1.82) is 0 Å². The lowest BCUT2D eigenvalue weighted by atomic mass is 10.1. The Morgan fingerprint density at radius 3 is 2.44 bits per heavy atom. The molecule has 174 valence electrons. The van der Waals surface area contributed by atoms with Gasteiger partial charge in [-0.1, -0.05) is 17.7 Å². The van der Waals surface area contributed by atoms with Crippen LogP contribution in [0.4, 0.5) is 4.39 Å². The molecule has 0 spiro atoms. The molecule has 0 saturated carbocycles. The SMILES string of the molecule is Cc1cc(C(=O)N2CCN(C(=O)c3cc(Cl)ccc3F)CC2)c2cnn(Cc3cccs3)c2n1. The molecular weight excluding hydrogens is 477 g/mol. The third-order valence-corrected chi connectivity index (χ3v) is 6.96. The van der Waals surface area contributed by atoms with Gasteiger partial charge in [0.25, 0.3) is 11.8 Å². The first-order valence-electron chi connectivity index (χ1n) is 10.8. The van der Waals surface area contributed by atoms with Gasteiger partial charge in [-0.25, -0.2) is 14.1 Å². The molecule has 10 heteroatoms. The van der Waals surface area contributed by atoms with Gasteiger partial charge >= 0.3 is 0 Å². The van der Waals surface area contributed by atoms with Gasteiger partial charge in [0.2, 0.25) is 0 Å². The fraction of sp³-hybridized carbons (Fsp3) is 0.250. The number of carbonyl (C=O) groups excluding carboxylic acids is 2. The molecule has 1 aliphatic heterocycles. The topological polar surface area (TPSA) is 71.3 Å². The van der Waals surface area contributed by atoms with Gasteiger partial charge in [-0.05, 0) is 42.6 Å². The van der Waals surface area contributed by atoms with Crippen LogP contribution in [0.25, 0.3) is 11.0 Å². The molecule has 1 aliphatic rings. The summed E-state index contributed by atoms with van der Waals surface area (Å²) in [5.41, 5.74) is 1.88. The summed E-state index contributed by atoms with van der Waals surface area (Å²) in [5.74, 6) is -1.17. The van der Waals surface area contributed by atoms with Crippen LogP contribution in [0.5, 0.6) is 0 Å². The van der Waals surface area contributed by atoms with Crippen LogP contribution in [-0.2, 0) is 6.54 Å². The molecule has 0 aliphatic carbocycles. The maximum absolute atomic E-state index is 14.1. The molecular formula is C24H21ClFN5O2S. The molecule has 1 aromatic carbocycles. The van der Waals surface area contributed by atoms with Crippen molar-refractivity contribution in [1.82, 2.24) is 24.6 Å².